The highest BCUT2D eigenvalue weighted by molar-refractivity contribution is 6.02. The summed E-state index contributed by atoms with van der Waals surface area (Å²) >= 11 is 0. The second kappa shape index (κ2) is 12.5. The predicted molar refractivity (Wildman–Crippen MR) is 126 cm³/mol. The Bertz CT molecular complexity index is 1130. The van der Waals surface area contributed by atoms with E-state index in [2.05, 4.69) is 20.9 Å². The zero-order chi connectivity index (χ0) is 27.0. The lowest BCUT2D eigenvalue weighted by molar-refractivity contribution is -0.138. The minimum atomic E-state index is -4.57. The van der Waals surface area contributed by atoms with Gasteiger partial charge in [0.15, 0.2) is 17.6 Å². The van der Waals surface area contributed by atoms with E-state index in [1.54, 1.807) is 6.92 Å². The molecular formula is C25H27F5N4O3. The van der Waals surface area contributed by atoms with Crippen LogP contribution < -0.4 is 16.0 Å². The van der Waals surface area contributed by atoms with Crippen LogP contribution in [0.15, 0.2) is 47.5 Å². The Balaban J connectivity index is 1.74. The molecule has 0 spiro atoms. The Morgan fingerprint density at radius 2 is 1.62 bits per heavy atom. The van der Waals surface area contributed by atoms with Crippen LogP contribution in [0.2, 0.25) is 0 Å². The SMILES string of the molecule is CCOC(=O)N[C@H]1CC[C@H](N/C(=N\C(=O)c2ccc(F)c(F)c2)NCc2ccccc2C(F)(F)F)CC1. The van der Waals surface area contributed by atoms with E-state index in [4.69, 9.17) is 4.74 Å². The first-order valence-electron chi connectivity index (χ1n) is 11.7. The molecule has 37 heavy (non-hydrogen) atoms. The smallest absolute Gasteiger partial charge is 0.416 e. The first-order valence-corrected chi connectivity index (χ1v) is 11.7. The maximum absolute atomic E-state index is 13.6. The highest BCUT2D eigenvalue weighted by Crippen LogP contribution is 2.31. The molecule has 2 aromatic carbocycles. The van der Waals surface area contributed by atoms with Crippen LogP contribution in [0.1, 0.15) is 54.1 Å². The second-order valence-corrected chi connectivity index (χ2v) is 8.46. The Hall–Kier alpha value is -3.70. The van der Waals surface area contributed by atoms with Gasteiger partial charge in [-0.15, -0.1) is 0 Å². The van der Waals surface area contributed by atoms with E-state index < -0.39 is 35.4 Å². The first-order chi connectivity index (χ1) is 17.6. The number of nitrogens with zero attached hydrogens (tertiary/aromatic N) is 1. The van der Waals surface area contributed by atoms with Crippen molar-refractivity contribution in [3.8, 4) is 0 Å². The number of alkyl carbamates (subject to hydrolysis) is 1. The number of alkyl halides is 3. The Morgan fingerprint density at radius 1 is 0.973 bits per heavy atom. The van der Waals surface area contributed by atoms with Crippen LogP contribution in [-0.2, 0) is 17.5 Å². The first kappa shape index (κ1) is 27.9. The third kappa shape index (κ3) is 8.16. The van der Waals surface area contributed by atoms with E-state index >= 15 is 0 Å². The quantitative estimate of drug-likeness (QED) is 0.283. The normalized spacial score (nSPS) is 18.2. The molecule has 0 heterocycles. The van der Waals surface area contributed by atoms with E-state index in [0.717, 1.165) is 18.2 Å². The summed E-state index contributed by atoms with van der Waals surface area (Å²) in [6.45, 7) is 1.65. The van der Waals surface area contributed by atoms with Crippen LogP contribution in [0.5, 0.6) is 0 Å². The molecule has 7 nitrogen and oxygen atoms in total. The van der Waals surface area contributed by atoms with Gasteiger partial charge in [0, 0.05) is 24.2 Å². The lowest BCUT2D eigenvalue weighted by Gasteiger charge is -2.30. The molecule has 0 aromatic heterocycles. The van der Waals surface area contributed by atoms with E-state index in [1.165, 1.54) is 18.2 Å². The molecule has 200 valence electrons. The number of carbonyl (C=O) groups is 2. The predicted octanol–water partition coefficient (Wildman–Crippen LogP) is 4.92. The molecule has 3 rings (SSSR count). The third-order valence-corrected chi connectivity index (χ3v) is 5.81. The van der Waals surface area contributed by atoms with Crippen molar-refractivity contribution in [3.05, 3.63) is 70.8 Å². The Morgan fingerprint density at radius 3 is 2.24 bits per heavy atom. The van der Waals surface area contributed by atoms with Crippen molar-refractivity contribution in [1.82, 2.24) is 16.0 Å². The van der Waals surface area contributed by atoms with Gasteiger partial charge in [-0.25, -0.2) is 13.6 Å². The molecule has 2 amide bonds. The Labute approximate surface area is 210 Å². The van der Waals surface area contributed by atoms with Gasteiger partial charge in [0.2, 0.25) is 0 Å². The number of carbonyl (C=O) groups excluding carboxylic acids is 2. The number of hydrogen-bond acceptors (Lipinski definition) is 3. The van der Waals surface area contributed by atoms with Crippen molar-refractivity contribution in [2.45, 2.75) is 57.4 Å². The third-order valence-electron chi connectivity index (χ3n) is 5.81. The molecule has 0 aliphatic heterocycles. The number of rotatable bonds is 6. The lowest BCUT2D eigenvalue weighted by Crippen LogP contribution is -2.47. The van der Waals surface area contributed by atoms with E-state index in [9.17, 15) is 31.5 Å². The minimum Gasteiger partial charge on any atom is -0.450 e. The number of amides is 2. The van der Waals surface area contributed by atoms with Crippen molar-refractivity contribution >= 4 is 18.0 Å². The number of benzene rings is 2. The van der Waals surface area contributed by atoms with Gasteiger partial charge in [0.1, 0.15) is 0 Å². The van der Waals surface area contributed by atoms with Crippen molar-refractivity contribution in [1.29, 1.82) is 0 Å². The fourth-order valence-corrected chi connectivity index (χ4v) is 3.96. The molecule has 0 saturated heterocycles. The average Bonchev–Trinajstić information content (AvgIpc) is 2.85. The summed E-state index contributed by atoms with van der Waals surface area (Å²) in [6, 6.07) is 7.22. The van der Waals surface area contributed by atoms with Gasteiger partial charge >= 0.3 is 12.3 Å². The molecule has 0 bridgehead atoms. The van der Waals surface area contributed by atoms with Gasteiger partial charge in [-0.1, -0.05) is 18.2 Å². The number of aliphatic imine (C=N–C) groups is 1. The van der Waals surface area contributed by atoms with Crippen LogP contribution in [0.25, 0.3) is 0 Å². The van der Waals surface area contributed by atoms with Gasteiger partial charge in [-0.2, -0.15) is 18.2 Å². The molecule has 1 fully saturated rings. The van der Waals surface area contributed by atoms with E-state index in [1.807, 2.05) is 0 Å². The van der Waals surface area contributed by atoms with Gasteiger partial charge in [0.25, 0.3) is 5.91 Å². The highest BCUT2D eigenvalue weighted by atomic mass is 19.4. The highest BCUT2D eigenvalue weighted by Gasteiger charge is 2.33. The maximum atomic E-state index is 13.6. The Kier molecular flexibility index (Phi) is 9.42. The molecule has 1 saturated carbocycles. The zero-order valence-electron chi connectivity index (χ0n) is 20.0. The molecule has 2 aromatic rings. The molecule has 0 radical (unpaired) electrons. The monoisotopic (exact) mass is 526 g/mol. The summed E-state index contributed by atoms with van der Waals surface area (Å²) in [5.41, 5.74) is -1.12. The summed E-state index contributed by atoms with van der Waals surface area (Å²) in [5, 5.41) is 8.54. The molecule has 1 aliphatic rings. The number of hydrogen-bond donors (Lipinski definition) is 3. The largest absolute Gasteiger partial charge is 0.450 e. The van der Waals surface area contributed by atoms with Crippen molar-refractivity contribution in [2.24, 2.45) is 4.99 Å². The van der Waals surface area contributed by atoms with Crippen molar-refractivity contribution in [3.63, 3.8) is 0 Å². The number of ether oxygens (including phenoxy) is 1. The summed E-state index contributed by atoms with van der Waals surface area (Å²) in [7, 11) is 0. The molecule has 12 heteroatoms. The summed E-state index contributed by atoms with van der Waals surface area (Å²) in [6.07, 6.45) is -2.76. The summed E-state index contributed by atoms with van der Waals surface area (Å²) in [4.78, 5) is 28.2. The van der Waals surface area contributed by atoms with Gasteiger partial charge in [0.05, 0.1) is 12.2 Å². The molecule has 0 unspecified atom stereocenters. The van der Waals surface area contributed by atoms with Gasteiger partial charge in [-0.3, -0.25) is 4.79 Å². The fourth-order valence-electron chi connectivity index (χ4n) is 3.96. The molecule has 0 atom stereocenters. The molecule has 1 aliphatic carbocycles. The summed E-state index contributed by atoms with van der Waals surface area (Å²) in [5.74, 6) is -3.37. The maximum Gasteiger partial charge on any atom is 0.416 e. The van der Waals surface area contributed by atoms with Crippen molar-refractivity contribution < 1.29 is 36.3 Å². The molecule has 3 N–H and O–H groups in total. The fraction of sp³-hybridized carbons (Fsp3) is 0.400. The van der Waals surface area contributed by atoms with Crippen LogP contribution in [-0.4, -0.2) is 36.7 Å². The summed E-state index contributed by atoms with van der Waals surface area (Å²) < 4.78 is 71.9. The topological polar surface area (TPSA) is 91.8 Å². The number of nitrogens with one attached hydrogen (secondary N) is 3. The standard InChI is InChI=1S/C25H27F5N4O3/c1-2-37-24(36)33-18-10-8-17(9-11-18)32-23(34-22(35)15-7-12-20(26)21(27)13-15)31-14-16-5-3-4-6-19(16)25(28,29)30/h3-7,12-13,17-18H,2,8-11,14H2,1H3,(H,33,36)(H2,31,32,34,35)/t17-,18-. The van der Waals surface area contributed by atoms with Crippen LogP contribution >= 0.6 is 0 Å². The van der Waals surface area contributed by atoms with Crippen LogP contribution in [0.3, 0.4) is 0 Å². The van der Waals surface area contributed by atoms with Crippen molar-refractivity contribution in [2.75, 3.05) is 6.61 Å². The van der Waals surface area contributed by atoms with Crippen LogP contribution in [0.4, 0.5) is 26.7 Å². The van der Waals surface area contributed by atoms with E-state index in [0.29, 0.717) is 31.7 Å². The minimum absolute atomic E-state index is 0.0629. The van der Waals surface area contributed by atoms with Gasteiger partial charge in [-0.05, 0) is 62.4 Å². The van der Waals surface area contributed by atoms with Gasteiger partial charge < -0.3 is 20.7 Å². The number of halogens is 5. The van der Waals surface area contributed by atoms with Crippen LogP contribution in [0, 0.1) is 11.6 Å². The number of guanidine groups is 1. The lowest BCUT2D eigenvalue weighted by atomic mass is 9.91. The second-order valence-electron chi connectivity index (χ2n) is 8.46. The van der Waals surface area contributed by atoms with E-state index in [-0.39, 0.29) is 42.3 Å². The average molecular weight is 527 g/mol. The molecular weight excluding hydrogens is 499 g/mol. The zero-order valence-corrected chi connectivity index (χ0v) is 20.0.